The van der Waals surface area contributed by atoms with Crippen molar-refractivity contribution < 1.29 is 4.74 Å². The third-order valence-corrected chi connectivity index (χ3v) is 3.60. The van der Waals surface area contributed by atoms with Crippen LogP contribution in [0.4, 0.5) is 0 Å². The van der Waals surface area contributed by atoms with E-state index in [4.69, 9.17) is 4.74 Å². The maximum atomic E-state index is 6.18. The zero-order valence-electron chi connectivity index (χ0n) is 9.45. The molecule has 15 heavy (non-hydrogen) atoms. The molecule has 2 aliphatic rings. The molecule has 0 saturated carbocycles. The molecule has 2 unspecified atom stereocenters. The summed E-state index contributed by atoms with van der Waals surface area (Å²) in [5.41, 5.74) is 2.60. The highest BCUT2D eigenvalue weighted by atomic mass is 16.5. The number of ether oxygens (including phenoxy) is 1. The lowest BCUT2D eigenvalue weighted by molar-refractivity contribution is -0.0753. The summed E-state index contributed by atoms with van der Waals surface area (Å²) in [6.45, 7) is 6.71. The Morgan fingerprint density at radius 1 is 1.20 bits per heavy atom. The van der Waals surface area contributed by atoms with Gasteiger partial charge >= 0.3 is 0 Å². The minimum atomic E-state index is -0.200. The highest BCUT2D eigenvalue weighted by Gasteiger charge is 2.53. The quantitative estimate of drug-likeness (QED) is 0.582. The Balaban J connectivity index is 2.25. The van der Waals surface area contributed by atoms with E-state index in [-0.39, 0.29) is 17.1 Å². The summed E-state index contributed by atoms with van der Waals surface area (Å²) in [7, 11) is 0. The highest BCUT2D eigenvalue weighted by Crippen LogP contribution is 2.57. The van der Waals surface area contributed by atoms with Crippen molar-refractivity contribution in [2.45, 2.75) is 32.5 Å². The van der Waals surface area contributed by atoms with Crippen molar-refractivity contribution in [1.82, 2.24) is 0 Å². The van der Waals surface area contributed by atoms with Crippen molar-refractivity contribution in [1.29, 1.82) is 0 Å². The first-order valence-corrected chi connectivity index (χ1v) is 5.51. The van der Waals surface area contributed by atoms with Gasteiger partial charge in [-0.05, 0) is 22.6 Å². The summed E-state index contributed by atoms with van der Waals surface area (Å²) >= 11 is 0. The van der Waals surface area contributed by atoms with Crippen molar-refractivity contribution in [3.63, 3.8) is 0 Å². The van der Waals surface area contributed by atoms with Gasteiger partial charge in [0, 0.05) is 0 Å². The molecule has 3 rings (SSSR count). The fourth-order valence-electron chi connectivity index (χ4n) is 2.74. The fraction of sp³-hybridized carbons (Fsp3) is 0.429. The lowest BCUT2D eigenvalue weighted by atomic mass is 9.70. The Hall–Kier alpha value is -1.08. The van der Waals surface area contributed by atoms with Gasteiger partial charge in [0.25, 0.3) is 0 Å². The molecule has 1 nitrogen and oxygen atoms in total. The first kappa shape index (κ1) is 9.17. The van der Waals surface area contributed by atoms with Crippen LogP contribution in [0, 0.1) is 5.41 Å². The zero-order valence-corrected chi connectivity index (χ0v) is 9.45. The van der Waals surface area contributed by atoms with Gasteiger partial charge in [-0.15, -0.1) is 0 Å². The Bertz CT molecular complexity index is 439. The fourth-order valence-corrected chi connectivity index (χ4v) is 2.74. The van der Waals surface area contributed by atoms with Crippen LogP contribution >= 0.6 is 0 Å². The molecule has 1 aromatic rings. The second-order valence-corrected chi connectivity index (χ2v) is 5.47. The van der Waals surface area contributed by atoms with Crippen LogP contribution < -0.4 is 0 Å². The molecule has 0 spiro atoms. The van der Waals surface area contributed by atoms with Crippen LogP contribution in [0.15, 0.2) is 36.4 Å². The summed E-state index contributed by atoms with van der Waals surface area (Å²) in [4.78, 5) is 0. The van der Waals surface area contributed by atoms with Crippen LogP contribution in [0.2, 0.25) is 0 Å². The molecule has 0 aliphatic carbocycles. The maximum Gasteiger partial charge on any atom is 0.118 e. The molecule has 0 saturated heterocycles. The van der Waals surface area contributed by atoms with Gasteiger partial charge in [-0.25, -0.2) is 0 Å². The first-order valence-electron chi connectivity index (χ1n) is 5.51. The van der Waals surface area contributed by atoms with E-state index in [0.29, 0.717) is 0 Å². The minimum Gasteiger partial charge on any atom is -0.354 e. The summed E-state index contributed by atoms with van der Waals surface area (Å²) < 4.78 is 6.18. The largest absolute Gasteiger partial charge is 0.354 e. The van der Waals surface area contributed by atoms with Gasteiger partial charge in [-0.1, -0.05) is 51.1 Å². The minimum absolute atomic E-state index is 0.102. The molecule has 2 bridgehead atoms. The molecule has 0 aromatic heterocycles. The van der Waals surface area contributed by atoms with Gasteiger partial charge in [-0.3, -0.25) is 0 Å². The molecular formula is C14H16O. The van der Waals surface area contributed by atoms with E-state index in [9.17, 15) is 0 Å². The normalized spacial score (nSPS) is 32.1. The predicted molar refractivity (Wildman–Crippen MR) is 60.5 cm³/mol. The first-order chi connectivity index (χ1) is 7.05. The zero-order chi connectivity index (χ0) is 10.7. The third-order valence-electron chi connectivity index (χ3n) is 3.60. The second kappa shape index (κ2) is 2.53. The van der Waals surface area contributed by atoms with Crippen molar-refractivity contribution >= 4 is 0 Å². The topological polar surface area (TPSA) is 9.23 Å². The molecule has 0 radical (unpaired) electrons. The number of hydrogen-bond donors (Lipinski definition) is 0. The standard InChI is InChI=1S/C14H16O/c1-13(2,3)14-9-8-12(15-14)10-6-4-5-7-11(10)14/h4-9,12H,1-3H3. The van der Waals surface area contributed by atoms with E-state index in [0.717, 1.165) is 0 Å². The van der Waals surface area contributed by atoms with E-state index in [1.807, 2.05) is 0 Å². The molecule has 0 fully saturated rings. The number of rotatable bonds is 0. The van der Waals surface area contributed by atoms with E-state index in [1.165, 1.54) is 11.1 Å². The van der Waals surface area contributed by atoms with E-state index in [1.54, 1.807) is 0 Å². The van der Waals surface area contributed by atoms with E-state index < -0.39 is 0 Å². The van der Waals surface area contributed by atoms with Gasteiger partial charge in [0.05, 0.1) is 0 Å². The average Bonchev–Trinajstić information content (AvgIpc) is 2.74. The molecule has 0 amide bonds. The molecule has 0 N–H and O–H groups in total. The van der Waals surface area contributed by atoms with Crippen LogP contribution in [0.3, 0.4) is 0 Å². The predicted octanol–water partition coefficient (Wildman–Crippen LogP) is 3.57. The Kier molecular flexibility index (Phi) is 1.55. The molecule has 2 heterocycles. The number of benzene rings is 1. The monoisotopic (exact) mass is 200 g/mol. The lowest BCUT2D eigenvalue weighted by Crippen LogP contribution is -2.36. The smallest absolute Gasteiger partial charge is 0.118 e. The lowest BCUT2D eigenvalue weighted by Gasteiger charge is -2.38. The molecule has 1 heteroatoms. The summed E-state index contributed by atoms with van der Waals surface area (Å²) in [5, 5.41) is 0. The van der Waals surface area contributed by atoms with Gasteiger partial charge in [-0.2, -0.15) is 0 Å². The van der Waals surface area contributed by atoms with Gasteiger partial charge in [0.1, 0.15) is 11.7 Å². The van der Waals surface area contributed by atoms with Crippen molar-refractivity contribution in [3.8, 4) is 0 Å². The number of hydrogen-bond acceptors (Lipinski definition) is 1. The summed E-state index contributed by atoms with van der Waals surface area (Å²) in [6, 6.07) is 8.57. The van der Waals surface area contributed by atoms with Gasteiger partial charge in [0.15, 0.2) is 0 Å². The molecule has 2 aliphatic heterocycles. The maximum absolute atomic E-state index is 6.18. The van der Waals surface area contributed by atoms with Gasteiger partial charge < -0.3 is 4.74 Å². The summed E-state index contributed by atoms with van der Waals surface area (Å²) in [6.07, 6.45) is 4.61. The Morgan fingerprint density at radius 3 is 2.67 bits per heavy atom. The van der Waals surface area contributed by atoms with Crippen LogP contribution in [0.5, 0.6) is 0 Å². The van der Waals surface area contributed by atoms with Gasteiger partial charge in [0.2, 0.25) is 0 Å². The van der Waals surface area contributed by atoms with Crippen LogP contribution in [0.1, 0.15) is 38.0 Å². The molecular weight excluding hydrogens is 184 g/mol. The highest BCUT2D eigenvalue weighted by molar-refractivity contribution is 5.48. The SMILES string of the molecule is CC(C)(C)C12C=CC(O1)c1ccccc12. The summed E-state index contributed by atoms with van der Waals surface area (Å²) in [5.74, 6) is 0. The molecule has 78 valence electrons. The van der Waals surface area contributed by atoms with Crippen molar-refractivity contribution in [3.05, 3.63) is 47.5 Å². The Labute approximate surface area is 90.8 Å². The average molecular weight is 200 g/mol. The van der Waals surface area contributed by atoms with E-state index >= 15 is 0 Å². The van der Waals surface area contributed by atoms with Crippen molar-refractivity contribution in [2.24, 2.45) is 5.41 Å². The van der Waals surface area contributed by atoms with Crippen LogP contribution in [0.25, 0.3) is 0 Å². The van der Waals surface area contributed by atoms with Crippen LogP contribution in [-0.4, -0.2) is 0 Å². The number of fused-ring (bicyclic) bond motifs is 5. The van der Waals surface area contributed by atoms with Crippen LogP contribution in [-0.2, 0) is 10.3 Å². The third kappa shape index (κ3) is 0.967. The molecule has 2 atom stereocenters. The van der Waals surface area contributed by atoms with E-state index in [2.05, 4.69) is 57.2 Å². The van der Waals surface area contributed by atoms with Crippen molar-refractivity contribution in [2.75, 3.05) is 0 Å². The molecule has 1 aromatic carbocycles. The Morgan fingerprint density at radius 2 is 1.93 bits per heavy atom. The second-order valence-electron chi connectivity index (χ2n) is 5.47.